The summed E-state index contributed by atoms with van der Waals surface area (Å²) >= 11 is 0. The number of hydrogen-bond donors (Lipinski definition) is 1. The summed E-state index contributed by atoms with van der Waals surface area (Å²) in [5, 5.41) is 10.2. The monoisotopic (exact) mass is 241 g/mol. The van der Waals surface area contributed by atoms with Crippen LogP contribution in [0.3, 0.4) is 0 Å². The molecule has 1 saturated carbocycles. The van der Waals surface area contributed by atoms with Crippen molar-refractivity contribution in [3.05, 3.63) is 0 Å². The number of nitrogens with zero attached hydrogens (tertiary/aromatic N) is 1. The second-order valence-electron chi connectivity index (χ2n) is 5.92. The number of aliphatic hydroxyl groups is 1. The Kier molecular flexibility index (Phi) is 5.26. The molecule has 1 aliphatic heterocycles. The van der Waals surface area contributed by atoms with E-state index in [0.29, 0.717) is 11.8 Å². The highest BCUT2D eigenvalue weighted by Gasteiger charge is 2.25. The smallest absolute Gasteiger partial charge is 0.0695 e. The minimum atomic E-state index is -0.119. The third-order valence-corrected chi connectivity index (χ3v) is 4.27. The Hall–Kier alpha value is -0.120. The minimum Gasteiger partial charge on any atom is -0.392 e. The van der Waals surface area contributed by atoms with Gasteiger partial charge < -0.3 is 14.7 Å². The predicted molar refractivity (Wildman–Crippen MR) is 69.0 cm³/mol. The van der Waals surface area contributed by atoms with Gasteiger partial charge in [-0.1, -0.05) is 12.8 Å². The highest BCUT2D eigenvalue weighted by Crippen LogP contribution is 2.28. The van der Waals surface area contributed by atoms with Gasteiger partial charge in [-0.2, -0.15) is 0 Å². The van der Waals surface area contributed by atoms with Crippen molar-refractivity contribution in [1.29, 1.82) is 0 Å². The largest absolute Gasteiger partial charge is 0.392 e. The van der Waals surface area contributed by atoms with Crippen molar-refractivity contribution in [3.8, 4) is 0 Å². The molecule has 2 rings (SSSR count). The molecule has 1 heterocycles. The fourth-order valence-corrected chi connectivity index (χ4v) is 3.28. The maximum absolute atomic E-state index is 10.2. The zero-order chi connectivity index (χ0) is 12.1. The molecule has 2 unspecified atom stereocenters. The van der Waals surface area contributed by atoms with Crippen LogP contribution in [0.5, 0.6) is 0 Å². The van der Waals surface area contributed by atoms with Gasteiger partial charge in [-0.3, -0.25) is 0 Å². The molecule has 0 aromatic rings. The molecule has 1 saturated heterocycles. The molecule has 2 atom stereocenters. The van der Waals surface area contributed by atoms with E-state index < -0.39 is 0 Å². The van der Waals surface area contributed by atoms with Gasteiger partial charge in [-0.15, -0.1) is 0 Å². The average Bonchev–Trinajstić information content (AvgIpc) is 2.83. The maximum atomic E-state index is 10.2. The lowest BCUT2D eigenvalue weighted by Gasteiger charge is -2.29. The van der Waals surface area contributed by atoms with Crippen molar-refractivity contribution in [2.75, 3.05) is 33.4 Å². The summed E-state index contributed by atoms with van der Waals surface area (Å²) in [6.45, 7) is 3.75. The number of ether oxygens (including phenoxy) is 1. The molecule has 1 N–H and O–H groups in total. The van der Waals surface area contributed by atoms with Gasteiger partial charge in [-0.05, 0) is 44.6 Å². The summed E-state index contributed by atoms with van der Waals surface area (Å²) in [6.07, 6.45) is 7.42. The Bertz CT molecular complexity index is 210. The molecule has 17 heavy (non-hydrogen) atoms. The van der Waals surface area contributed by atoms with Gasteiger partial charge in [-0.25, -0.2) is 0 Å². The van der Waals surface area contributed by atoms with E-state index in [-0.39, 0.29) is 6.10 Å². The van der Waals surface area contributed by atoms with Crippen molar-refractivity contribution >= 4 is 0 Å². The average molecular weight is 241 g/mol. The lowest BCUT2D eigenvalue weighted by atomic mass is 9.99. The molecule has 0 radical (unpaired) electrons. The van der Waals surface area contributed by atoms with Crippen LogP contribution in [0, 0.1) is 11.8 Å². The molecule has 0 aromatic heterocycles. The molecule has 0 spiro atoms. The van der Waals surface area contributed by atoms with E-state index in [1.807, 2.05) is 0 Å². The number of likely N-dealkylation sites (N-methyl/N-ethyl adjacent to an activating group) is 1. The topological polar surface area (TPSA) is 32.7 Å². The van der Waals surface area contributed by atoms with E-state index in [1.165, 1.54) is 38.5 Å². The van der Waals surface area contributed by atoms with Gasteiger partial charge in [0.1, 0.15) is 0 Å². The number of hydrogen-bond acceptors (Lipinski definition) is 3. The van der Waals surface area contributed by atoms with E-state index >= 15 is 0 Å². The molecule has 1 aliphatic carbocycles. The maximum Gasteiger partial charge on any atom is 0.0695 e. The summed E-state index contributed by atoms with van der Waals surface area (Å²) in [7, 11) is 2.13. The van der Waals surface area contributed by atoms with E-state index in [1.54, 1.807) is 0 Å². The van der Waals surface area contributed by atoms with Crippen molar-refractivity contribution < 1.29 is 9.84 Å². The molecule has 2 aliphatic rings. The first-order valence-electron chi connectivity index (χ1n) is 7.20. The molecule has 0 amide bonds. The molecule has 3 heteroatoms. The summed E-state index contributed by atoms with van der Waals surface area (Å²) in [5.41, 5.74) is 0. The Labute approximate surface area is 105 Å². The van der Waals surface area contributed by atoms with Gasteiger partial charge in [0.25, 0.3) is 0 Å². The lowest BCUT2D eigenvalue weighted by molar-refractivity contribution is 0.0265. The molecular formula is C14H27NO2. The first kappa shape index (κ1) is 13.3. The fraction of sp³-hybridized carbons (Fsp3) is 1.00. The Morgan fingerprint density at radius 2 is 2.00 bits per heavy atom. The van der Waals surface area contributed by atoms with Gasteiger partial charge in [0.05, 0.1) is 12.7 Å². The predicted octanol–water partition coefficient (Wildman–Crippen LogP) is 1.90. The van der Waals surface area contributed by atoms with E-state index in [0.717, 1.165) is 26.3 Å². The Morgan fingerprint density at radius 1 is 1.24 bits per heavy atom. The summed E-state index contributed by atoms with van der Waals surface area (Å²) in [4.78, 5) is 2.29. The zero-order valence-corrected chi connectivity index (χ0v) is 11.1. The first-order chi connectivity index (χ1) is 8.25. The minimum absolute atomic E-state index is 0.119. The summed E-state index contributed by atoms with van der Waals surface area (Å²) in [6, 6.07) is 0. The normalized spacial score (nSPS) is 28.8. The SMILES string of the molecule is CN(CC1CCCOC1)CC(O)C1CCCC1. The van der Waals surface area contributed by atoms with Crippen LogP contribution in [0.1, 0.15) is 38.5 Å². The summed E-state index contributed by atoms with van der Waals surface area (Å²) < 4.78 is 5.50. The van der Waals surface area contributed by atoms with Crippen LogP contribution in [0.15, 0.2) is 0 Å². The second-order valence-corrected chi connectivity index (χ2v) is 5.92. The number of aliphatic hydroxyl groups excluding tert-OH is 1. The highest BCUT2D eigenvalue weighted by molar-refractivity contribution is 4.77. The van der Waals surface area contributed by atoms with Crippen LogP contribution < -0.4 is 0 Å². The van der Waals surface area contributed by atoms with Crippen molar-refractivity contribution in [1.82, 2.24) is 4.90 Å². The van der Waals surface area contributed by atoms with Gasteiger partial charge in [0.15, 0.2) is 0 Å². The van der Waals surface area contributed by atoms with Crippen molar-refractivity contribution in [2.45, 2.75) is 44.6 Å². The molecule has 2 fully saturated rings. The molecule has 100 valence electrons. The van der Waals surface area contributed by atoms with Crippen LogP contribution in [0.25, 0.3) is 0 Å². The molecular weight excluding hydrogens is 214 g/mol. The highest BCUT2D eigenvalue weighted by atomic mass is 16.5. The van der Waals surface area contributed by atoms with Crippen LogP contribution in [-0.2, 0) is 4.74 Å². The van der Waals surface area contributed by atoms with Crippen LogP contribution in [0.2, 0.25) is 0 Å². The first-order valence-corrected chi connectivity index (χ1v) is 7.20. The third-order valence-electron chi connectivity index (χ3n) is 4.27. The van der Waals surface area contributed by atoms with Crippen LogP contribution >= 0.6 is 0 Å². The lowest BCUT2D eigenvalue weighted by Crippen LogP contribution is -2.38. The second kappa shape index (κ2) is 6.72. The summed E-state index contributed by atoms with van der Waals surface area (Å²) in [5.74, 6) is 1.23. The van der Waals surface area contributed by atoms with Gasteiger partial charge in [0.2, 0.25) is 0 Å². The number of rotatable bonds is 5. The zero-order valence-electron chi connectivity index (χ0n) is 11.1. The van der Waals surface area contributed by atoms with Gasteiger partial charge >= 0.3 is 0 Å². The van der Waals surface area contributed by atoms with E-state index in [9.17, 15) is 5.11 Å². The molecule has 0 aromatic carbocycles. The quantitative estimate of drug-likeness (QED) is 0.798. The fourth-order valence-electron chi connectivity index (χ4n) is 3.28. The third kappa shape index (κ3) is 4.23. The Morgan fingerprint density at radius 3 is 2.65 bits per heavy atom. The van der Waals surface area contributed by atoms with Crippen LogP contribution in [0.4, 0.5) is 0 Å². The van der Waals surface area contributed by atoms with E-state index in [4.69, 9.17) is 4.74 Å². The van der Waals surface area contributed by atoms with Crippen LogP contribution in [-0.4, -0.2) is 49.5 Å². The van der Waals surface area contributed by atoms with Gasteiger partial charge in [0, 0.05) is 19.7 Å². The van der Waals surface area contributed by atoms with E-state index in [2.05, 4.69) is 11.9 Å². The molecule has 0 bridgehead atoms. The van der Waals surface area contributed by atoms with Crippen molar-refractivity contribution in [2.24, 2.45) is 11.8 Å². The Balaban J connectivity index is 1.66. The standard InChI is InChI=1S/C14H27NO2/c1-15(9-12-5-4-8-17-11-12)10-14(16)13-6-2-3-7-13/h12-14,16H,2-11H2,1H3. The van der Waals surface area contributed by atoms with Crippen molar-refractivity contribution in [3.63, 3.8) is 0 Å². The molecule has 3 nitrogen and oxygen atoms in total.